The summed E-state index contributed by atoms with van der Waals surface area (Å²) in [6, 6.07) is 9.30. The Bertz CT molecular complexity index is 944. The van der Waals surface area contributed by atoms with Crippen LogP contribution in [-0.4, -0.2) is 14.9 Å². The van der Waals surface area contributed by atoms with Gasteiger partial charge in [-0.15, -0.1) is 12.4 Å². The van der Waals surface area contributed by atoms with Crippen LogP contribution in [0.25, 0.3) is 10.4 Å². The molecule has 0 atom stereocenters. The fourth-order valence-electron chi connectivity index (χ4n) is 2.07. The van der Waals surface area contributed by atoms with Crippen molar-refractivity contribution in [2.75, 3.05) is 5.43 Å². The largest absolute Gasteiger partial charge is 0.506 e. The molecule has 0 bridgehead atoms. The molecule has 2 aromatic carbocycles. The maximum atomic E-state index is 10.2. The van der Waals surface area contributed by atoms with Crippen LogP contribution >= 0.6 is 58.5 Å². The molecule has 0 saturated carbocycles. The van der Waals surface area contributed by atoms with Crippen LogP contribution < -0.4 is 10.2 Å². The van der Waals surface area contributed by atoms with Crippen molar-refractivity contribution in [3.8, 4) is 21.9 Å². The number of hydrogen-bond acceptors (Lipinski definition) is 5. The van der Waals surface area contributed by atoms with E-state index in [1.54, 1.807) is 6.20 Å². The SMILES string of the molecule is Cl.N=c1sc(-c2c(O)c(Cl)c(Cl)c(O)c2Cl)cn1Nc1ccccc1. The lowest BCUT2D eigenvalue weighted by Gasteiger charge is -2.11. The van der Waals surface area contributed by atoms with Crippen molar-refractivity contribution < 1.29 is 10.2 Å². The molecule has 1 aromatic heterocycles. The minimum atomic E-state index is -0.418. The summed E-state index contributed by atoms with van der Waals surface area (Å²) >= 11 is 18.9. The third-order valence-electron chi connectivity index (χ3n) is 3.21. The predicted octanol–water partition coefficient (Wildman–Crippen LogP) is 5.36. The molecule has 0 amide bonds. The van der Waals surface area contributed by atoms with Gasteiger partial charge in [0.2, 0.25) is 4.80 Å². The van der Waals surface area contributed by atoms with Crippen molar-refractivity contribution in [2.24, 2.45) is 0 Å². The number of aromatic nitrogens is 1. The zero-order valence-electron chi connectivity index (χ0n) is 12.3. The summed E-state index contributed by atoms with van der Waals surface area (Å²) in [7, 11) is 0. The number of phenols is 2. The minimum absolute atomic E-state index is 0. The zero-order chi connectivity index (χ0) is 17.4. The van der Waals surface area contributed by atoms with Crippen LogP contribution in [0.5, 0.6) is 11.5 Å². The van der Waals surface area contributed by atoms with Gasteiger partial charge in [0.25, 0.3) is 0 Å². The van der Waals surface area contributed by atoms with Crippen LogP contribution in [0.1, 0.15) is 0 Å². The summed E-state index contributed by atoms with van der Waals surface area (Å²) in [4.78, 5) is 0.606. The van der Waals surface area contributed by atoms with E-state index in [1.807, 2.05) is 30.3 Å². The Hall–Kier alpha value is -1.57. The van der Waals surface area contributed by atoms with Gasteiger partial charge in [0.05, 0.1) is 21.2 Å². The van der Waals surface area contributed by atoms with Crippen LogP contribution in [-0.2, 0) is 0 Å². The van der Waals surface area contributed by atoms with Crippen LogP contribution in [0.15, 0.2) is 36.5 Å². The number of hydrogen-bond donors (Lipinski definition) is 4. The molecule has 3 rings (SSSR count). The third-order valence-corrected chi connectivity index (χ3v) is 5.33. The average molecular weight is 439 g/mol. The molecule has 132 valence electrons. The van der Waals surface area contributed by atoms with E-state index in [4.69, 9.17) is 40.2 Å². The summed E-state index contributed by atoms with van der Waals surface area (Å²) < 4.78 is 1.46. The number of anilines is 1. The van der Waals surface area contributed by atoms with Gasteiger partial charge in [-0.05, 0) is 12.1 Å². The molecule has 0 saturated heterocycles. The van der Waals surface area contributed by atoms with E-state index in [9.17, 15) is 10.2 Å². The first-order valence-electron chi connectivity index (χ1n) is 6.58. The lowest BCUT2D eigenvalue weighted by Crippen LogP contribution is -2.19. The molecule has 0 aliphatic rings. The predicted molar refractivity (Wildman–Crippen MR) is 105 cm³/mol. The van der Waals surface area contributed by atoms with E-state index in [-0.39, 0.29) is 43.6 Å². The fraction of sp³-hybridized carbons (Fsp3) is 0. The van der Waals surface area contributed by atoms with Crippen LogP contribution in [0.3, 0.4) is 0 Å². The average Bonchev–Trinajstić information content (AvgIpc) is 2.92. The Labute approximate surface area is 167 Å². The molecular weight excluding hydrogens is 428 g/mol. The summed E-state index contributed by atoms with van der Waals surface area (Å²) in [6.45, 7) is 0. The Morgan fingerprint density at radius 2 is 1.56 bits per heavy atom. The van der Waals surface area contributed by atoms with Gasteiger partial charge >= 0.3 is 0 Å². The number of aromatic hydroxyl groups is 2. The van der Waals surface area contributed by atoms with Crippen molar-refractivity contribution in [3.05, 3.63) is 56.4 Å². The minimum Gasteiger partial charge on any atom is -0.506 e. The second-order valence-corrected chi connectivity index (χ2v) is 6.93. The number of thiazole rings is 1. The Kier molecular flexibility index (Phi) is 6.13. The van der Waals surface area contributed by atoms with Gasteiger partial charge in [0, 0.05) is 6.20 Å². The fourth-order valence-corrected chi connectivity index (χ4v) is 3.69. The third kappa shape index (κ3) is 3.68. The van der Waals surface area contributed by atoms with E-state index in [2.05, 4.69) is 5.43 Å². The van der Waals surface area contributed by atoms with Gasteiger partial charge in [-0.1, -0.05) is 64.3 Å². The molecule has 1 heterocycles. The lowest BCUT2D eigenvalue weighted by atomic mass is 10.1. The molecule has 25 heavy (non-hydrogen) atoms. The van der Waals surface area contributed by atoms with Gasteiger partial charge in [-0.25, -0.2) is 4.68 Å². The molecule has 3 aromatic rings. The van der Waals surface area contributed by atoms with Crippen molar-refractivity contribution in [1.82, 2.24) is 4.68 Å². The number of phenolic OH excluding ortho intramolecular Hbond substituents is 2. The highest BCUT2D eigenvalue weighted by Crippen LogP contribution is 2.51. The summed E-state index contributed by atoms with van der Waals surface area (Å²) in [5, 5.41) is 27.7. The second kappa shape index (κ2) is 7.76. The van der Waals surface area contributed by atoms with Crippen molar-refractivity contribution in [1.29, 1.82) is 5.41 Å². The highest BCUT2D eigenvalue weighted by molar-refractivity contribution is 7.12. The maximum Gasteiger partial charge on any atom is 0.201 e. The second-order valence-electron chi connectivity index (χ2n) is 4.76. The summed E-state index contributed by atoms with van der Waals surface area (Å²) in [5.74, 6) is -0.767. The molecule has 0 spiro atoms. The first-order valence-corrected chi connectivity index (χ1v) is 8.53. The van der Waals surface area contributed by atoms with Gasteiger partial charge < -0.3 is 10.2 Å². The van der Waals surface area contributed by atoms with E-state index in [0.717, 1.165) is 17.0 Å². The normalized spacial score (nSPS) is 10.4. The van der Waals surface area contributed by atoms with E-state index >= 15 is 0 Å². The number of halogens is 4. The number of nitrogens with one attached hydrogen (secondary N) is 2. The van der Waals surface area contributed by atoms with Gasteiger partial charge in [-0.2, -0.15) is 0 Å². The summed E-state index contributed by atoms with van der Waals surface area (Å²) in [6.07, 6.45) is 1.57. The number of nitrogens with zero attached hydrogens (tertiary/aromatic N) is 1. The molecule has 0 radical (unpaired) electrons. The smallest absolute Gasteiger partial charge is 0.201 e. The standard InChI is InChI=1S/C15H10Cl3N3O2S.ClH/c16-10-9(13(22)11(17)12(18)14(10)23)8-6-21(15(19)24-8)20-7-4-2-1-3-5-7;/h1-6,19-20,22-23H;1H. The van der Waals surface area contributed by atoms with Crippen molar-refractivity contribution in [3.63, 3.8) is 0 Å². The molecule has 4 N–H and O–H groups in total. The first-order chi connectivity index (χ1) is 11.4. The van der Waals surface area contributed by atoms with E-state index in [0.29, 0.717) is 4.88 Å². The molecular formula is C15H11Cl4N3O2S. The topological polar surface area (TPSA) is 81.3 Å². The van der Waals surface area contributed by atoms with E-state index < -0.39 is 5.75 Å². The Morgan fingerprint density at radius 3 is 2.20 bits per heavy atom. The number of rotatable bonds is 3. The lowest BCUT2D eigenvalue weighted by molar-refractivity contribution is 0.462. The Morgan fingerprint density at radius 1 is 0.960 bits per heavy atom. The molecule has 0 unspecified atom stereocenters. The van der Waals surface area contributed by atoms with Crippen molar-refractivity contribution >= 4 is 64.2 Å². The zero-order valence-corrected chi connectivity index (χ0v) is 16.2. The van der Waals surface area contributed by atoms with Crippen LogP contribution in [0.2, 0.25) is 15.1 Å². The van der Waals surface area contributed by atoms with Crippen LogP contribution in [0.4, 0.5) is 5.69 Å². The summed E-state index contributed by atoms with van der Waals surface area (Å²) in [5.41, 5.74) is 3.94. The highest BCUT2D eigenvalue weighted by atomic mass is 35.5. The number of para-hydroxylation sites is 1. The van der Waals surface area contributed by atoms with Gasteiger partial charge in [-0.3, -0.25) is 10.8 Å². The molecule has 5 nitrogen and oxygen atoms in total. The monoisotopic (exact) mass is 437 g/mol. The van der Waals surface area contributed by atoms with Crippen LogP contribution in [0, 0.1) is 5.41 Å². The Balaban J connectivity index is 0.00000225. The highest BCUT2D eigenvalue weighted by Gasteiger charge is 2.23. The molecule has 0 aliphatic heterocycles. The van der Waals surface area contributed by atoms with Crippen molar-refractivity contribution in [2.45, 2.75) is 0 Å². The van der Waals surface area contributed by atoms with Gasteiger partial charge in [0.1, 0.15) is 15.8 Å². The van der Waals surface area contributed by atoms with Gasteiger partial charge in [0.15, 0.2) is 5.75 Å². The van der Waals surface area contributed by atoms with E-state index in [1.165, 1.54) is 4.68 Å². The molecule has 10 heteroatoms. The quantitative estimate of drug-likeness (QED) is 0.328. The maximum absolute atomic E-state index is 10.2. The first kappa shape index (κ1) is 19.8. The number of benzene rings is 2. The molecule has 0 aliphatic carbocycles. The molecule has 0 fully saturated rings.